The number of benzene rings is 2. The summed E-state index contributed by atoms with van der Waals surface area (Å²) in [5.41, 5.74) is 2.07. The van der Waals surface area contributed by atoms with Gasteiger partial charge in [0.25, 0.3) is 11.5 Å². The molecule has 0 aliphatic carbocycles. The minimum Gasteiger partial charge on any atom is -0.324 e. The van der Waals surface area contributed by atoms with Gasteiger partial charge in [-0.15, -0.1) is 0 Å². The summed E-state index contributed by atoms with van der Waals surface area (Å²) in [6.45, 7) is 1.41. The van der Waals surface area contributed by atoms with Gasteiger partial charge in [0.05, 0.1) is 11.6 Å². The summed E-state index contributed by atoms with van der Waals surface area (Å²) in [7, 11) is 0. The highest BCUT2D eigenvalue weighted by molar-refractivity contribution is 6.04. The minimum absolute atomic E-state index is 0.00237. The van der Waals surface area contributed by atoms with E-state index in [1.165, 1.54) is 24.3 Å². The molecular weight excluding hydrogens is 449 g/mol. The van der Waals surface area contributed by atoms with E-state index < -0.39 is 5.91 Å². The second kappa shape index (κ2) is 9.06. The van der Waals surface area contributed by atoms with Crippen molar-refractivity contribution in [3.05, 3.63) is 93.7 Å². The number of piperidine rings is 1. The lowest BCUT2D eigenvalue weighted by atomic mass is 9.83. The molecule has 3 heterocycles. The number of hydrogen-bond donors (Lipinski definition) is 2. The number of nitriles is 1. The zero-order valence-electron chi connectivity index (χ0n) is 18.7. The molecule has 0 radical (unpaired) electrons. The van der Waals surface area contributed by atoms with Gasteiger partial charge in [-0.3, -0.25) is 9.59 Å². The largest absolute Gasteiger partial charge is 0.324 e. The maximum absolute atomic E-state index is 13.2. The fourth-order valence-corrected chi connectivity index (χ4v) is 4.83. The number of halogens is 1. The number of nitrogens with one attached hydrogen (secondary N) is 2. The zero-order valence-corrected chi connectivity index (χ0v) is 18.7. The number of carbonyl (C=O) groups is 2. The van der Waals surface area contributed by atoms with Gasteiger partial charge in [0, 0.05) is 42.5 Å². The Morgan fingerprint density at radius 1 is 0.943 bits per heavy atom. The molecule has 2 aromatic carbocycles. The van der Waals surface area contributed by atoms with Gasteiger partial charge < -0.3 is 20.1 Å². The summed E-state index contributed by atoms with van der Waals surface area (Å²) >= 11 is 0. The standard InChI is InChI=1S/C26H22FN5O3/c27-20-5-7-21(8-6-20)29-26(35)31-13-17-11-19(15-31)23-10-9-22(25(34)32(23)14-17)30-24(33)18-3-1-16(12-28)2-4-18/h1-10,17,19H,11,13-15H2,(H,29,35)(H,30,33). The molecular formula is C26H22FN5O3. The Bertz CT molecular complexity index is 1390. The first-order valence-electron chi connectivity index (χ1n) is 11.3. The number of hydrogen-bond acceptors (Lipinski definition) is 4. The highest BCUT2D eigenvalue weighted by Gasteiger charge is 2.36. The van der Waals surface area contributed by atoms with E-state index in [0.29, 0.717) is 36.4 Å². The Kier molecular flexibility index (Phi) is 5.79. The molecule has 1 aromatic heterocycles. The second-order valence-corrected chi connectivity index (χ2v) is 8.87. The molecule has 2 atom stereocenters. The molecule has 0 spiro atoms. The van der Waals surface area contributed by atoms with Crippen LogP contribution in [0.2, 0.25) is 0 Å². The molecule has 1 saturated heterocycles. The van der Waals surface area contributed by atoms with E-state index in [2.05, 4.69) is 10.6 Å². The maximum atomic E-state index is 13.2. The molecule has 1 fully saturated rings. The van der Waals surface area contributed by atoms with Crippen molar-refractivity contribution in [2.75, 3.05) is 23.7 Å². The van der Waals surface area contributed by atoms with Crippen LogP contribution >= 0.6 is 0 Å². The quantitative estimate of drug-likeness (QED) is 0.606. The van der Waals surface area contributed by atoms with Gasteiger partial charge in [0.2, 0.25) is 0 Å². The van der Waals surface area contributed by atoms with E-state index in [0.717, 1.165) is 12.1 Å². The van der Waals surface area contributed by atoms with E-state index >= 15 is 0 Å². The predicted molar refractivity (Wildman–Crippen MR) is 128 cm³/mol. The third kappa shape index (κ3) is 4.51. The molecule has 0 saturated carbocycles. The lowest BCUT2D eigenvalue weighted by molar-refractivity contribution is 0.102. The molecule has 8 nitrogen and oxygen atoms in total. The Labute approximate surface area is 200 Å². The van der Waals surface area contributed by atoms with Crippen LogP contribution in [0.5, 0.6) is 0 Å². The Hall–Kier alpha value is -4.45. The highest BCUT2D eigenvalue weighted by atomic mass is 19.1. The summed E-state index contributed by atoms with van der Waals surface area (Å²) in [5.74, 6) is -0.698. The summed E-state index contributed by atoms with van der Waals surface area (Å²) in [4.78, 5) is 40.3. The first kappa shape index (κ1) is 22.3. The minimum atomic E-state index is -0.424. The third-order valence-electron chi connectivity index (χ3n) is 6.51. The molecule has 176 valence electrons. The number of likely N-dealkylation sites (tertiary alicyclic amines) is 1. The Morgan fingerprint density at radius 2 is 1.69 bits per heavy atom. The van der Waals surface area contributed by atoms with Gasteiger partial charge in [0.15, 0.2) is 0 Å². The van der Waals surface area contributed by atoms with E-state index in [-0.39, 0.29) is 34.9 Å². The lowest BCUT2D eigenvalue weighted by Crippen LogP contribution is -2.50. The number of anilines is 2. The van der Waals surface area contributed by atoms with Crippen LogP contribution in [0, 0.1) is 23.1 Å². The van der Waals surface area contributed by atoms with Gasteiger partial charge in [-0.05, 0) is 73.0 Å². The average molecular weight is 471 g/mol. The topological polar surface area (TPSA) is 107 Å². The van der Waals surface area contributed by atoms with Crippen LogP contribution in [0.15, 0.2) is 65.5 Å². The molecule has 3 amide bonds. The number of carbonyl (C=O) groups excluding carboxylic acids is 2. The third-order valence-corrected chi connectivity index (χ3v) is 6.51. The van der Waals surface area contributed by atoms with Crippen LogP contribution in [0.3, 0.4) is 0 Å². The van der Waals surface area contributed by atoms with Gasteiger partial charge in [-0.2, -0.15) is 5.26 Å². The van der Waals surface area contributed by atoms with Crippen molar-refractivity contribution in [1.29, 1.82) is 5.26 Å². The van der Waals surface area contributed by atoms with Gasteiger partial charge in [-0.25, -0.2) is 9.18 Å². The summed E-state index contributed by atoms with van der Waals surface area (Å²) < 4.78 is 14.8. The number of fused-ring (bicyclic) bond motifs is 4. The lowest BCUT2D eigenvalue weighted by Gasteiger charge is -2.42. The Morgan fingerprint density at radius 3 is 2.40 bits per heavy atom. The van der Waals surface area contributed by atoms with E-state index in [9.17, 15) is 18.8 Å². The average Bonchev–Trinajstić information content (AvgIpc) is 2.87. The smallest absolute Gasteiger partial charge is 0.321 e. The first-order valence-corrected chi connectivity index (χ1v) is 11.3. The summed E-state index contributed by atoms with van der Waals surface area (Å²) in [5, 5.41) is 14.4. The van der Waals surface area contributed by atoms with Gasteiger partial charge in [0.1, 0.15) is 11.5 Å². The van der Waals surface area contributed by atoms with Crippen molar-refractivity contribution >= 4 is 23.3 Å². The molecule has 5 rings (SSSR count). The summed E-state index contributed by atoms with van der Waals surface area (Å²) in [6, 6.07) is 17.0. The van der Waals surface area contributed by atoms with Crippen molar-refractivity contribution in [1.82, 2.24) is 9.47 Å². The molecule has 3 aromatic rings. The fourth-order valence-electron chi connectivity index (χ4n) is 4.83. The van der Waals surface area contributed by atoms with Crippen LogP contribution < -0.4 is 16.2 Å². The molecule has 35 heavy (non-hydrogen) atoms. The molecule has 2 unspecified atom stereocenters. The van der Waals surface area contributed by atoms with Gasteiger partial charge in [-0.1, -0.05) is 0 Å². The van der Waals surface area contributed by atoms with Crippen LogP contribution in [-0.2, 0) is 6.54 Å². The van der Waals surface area contributed by atoms with Crippen molar-refractivity contribution < 1.29 is 14.0 Å². The van der Waals surface area contributed by atoms with Crippen molar-refractivity contribution in [3.63, 3.8) is 0 Å². The first-order chi connectivity index (χ1) is 16.9. The number of nitrogens with zero attached hydrogens (tertiary/aromatic N) is 3. The summed E-state index contributed by atoms with van der Waals surface area (Å²) in [6.07, 6.45) is 0.872. The molecule has 2 aliphatic heterocycles. The van der Waals surface area contributed by atoms with Crippen LogP contribution in [-0.4, -0.2) is 34.5 Å². The van der Waals surface area contributed by atoms with Crippen LogP contribution in [0.1, 0.15) is 34.0 Å². The fraction of sp³-hybridized carbons (Fsp3) is 0.231. The van der Waals surface area contributed by atoms with E-state index in [1.807, 2.05) is 12.1 Å². The molecule has 2 N–H and O–H groups in total. The zero-order chi connectivity index (χ0) is 24.5. The van der Waals surface area contributed by atoms with Crippen LogP contribution in [0.25, 0.3) is 0 Å². The van der Waals surface area contributed by atoms with E-state index in [1.54, 1.807) is 39.8 Å². The van der Waals surface area contributed by atoms with Crippen molar-refractivity contribution in [2.24, 2.45) is 5.92 Å². The maximum Gasteiger partial charge on any atom is 0.321 e. The monoisotopic (exact) mass is 471 g/mol. The number of pyridine rings is 1. The number of aromatic nitrogens is 1. The van der Waals surface area contributed by atoms with Crippen LogP contribution in [0.4, 0.5) is 20.6 Å². The van der Waals surface area contributed by atoms with Gasteiger partial charge >= 0.3 is 6.03 Å². The second-order valence-electron chi connectivity index (χ2n) is 8.87. The number of rotatable bonds is 3. The Balaban J connectivity index is 1.31. The van der Waals surface area contributed by atoms with Crippen molar-refractivity contribution in [3.8, 4) is 6.07 Å². The predicted octanol–water partition coefficient (Wildman–Crippen LogP) is 3.76. The normalized spacial score (nSPS) is 18.2. The van der Waals surface area contributed by atoms with E-state index in [4.69, 9.17) is 5.26 Å². The van der Waals surface area contributed by atoms with Crippen molar-refractivity contribution in [2.45, 2.75) is 18.9 Å². The molecule has 9 heteroatoms. The molecule has 2 aliphatic rings. The number of amides is 3. The molecule has 2 bridgehead atoms. The highest BCUT2D eigenvalue weighted by Crippen LogP contribution is 2.35. The number of urea groups is 1. The SMILES string of the molecule is N#Cc1ccc(C(=O)Nc2ccc3n(c2=O)CC2CC3CN(C(=O)Nc3ccc(F)cc3)C2)cc1.